The summed E-state index contributed by atoms with van der Waals surface area (Å²) in [6, 6.07) is 62.0. The zero-order valence-corrected chi connectivity index (χ0v) is 24.6. The highest BCUT2D eigenvalue weighted by molar-refractivity contribution is 7.97. The molecule has 0 atom stereocenters. The Kier molecular flexibility index (Phi) is 7.02. The van der Waals surface area contributed by atoms with Crippen LogP contribution in [0.3, 0.4) is 0 Å². The van der Waals surface area contributed by atoms with Crippen LogP contribution in [0.2, 0.25) is 0 Å². The summed E-state index contributed by atoms with van der Waals surface area (Å²) >= 11 is 0. The molecule has 0 nitrogen and oxygen atoms in total. The fourth-order valence-electron chi connectivity index (χ4n) is 7.66. The fraction of sp³-hybridized carbons (Fsp3) is 0.0526. The van der Waals surface area contributed by atoms with Crippen molar-refractivity contribution in [2.24, 2.45) is 0 Å². The van der Waals surface area contributed by atoms with Crippen molar-refractivity contribution in [1.82, 2.24) is 0 Å². The maximum absolute atomic E-state index is 9.75. The molecule has 3 heterocycles. The summed E-state index contributed by atoms with van der Waals surface area (Å²) in [7, 11) is -8.38. The van der Waals surface area contributed by atoms with Crippen molar-refractivity contribution in [2.45, 2.75) is 11.1 Å². The third kappa shape index (κ3) is 4.18. The fourth-order valence-corrected chi connectivity index (χ4v) is 13.8. The summed E-state index contributed by atoms with van der Waals surface area (Å²) in [5, 5.41) is 4.13. The summed E-state index contributed by atoms with van der Waals surface area (Å²) < 4.78 is 39.0. The Labute approximate surface area is 255 Å². The monoisotopic (exact) mass is 602 g/mol. The quantitative estimate of drug-likeness (QED) is 0.0818. The number of halogens is 4. The number of hydrogen-bond acceptors (Lipinski definition) is 0. The van der Waals surface area contributed by atoms with Crippen molar-refractivity contribution in [1.29, 1.82) is 0 Å². The van der Waals surface area contributed by atoms with E-state index < -0.39 is 19.7 Å². The average molecular weight is 602 g/mol. The Morgan fingerprint density at radius 2 is 0.636 bits per heavy atom. The molecule has 9 rings (SSSR count). The van der Waals surface area contributed by atoms with Crippen molar-refractivity contribution < 1.29 is 17.3 Å². The van der Waals surface area contributed by atoms with Crippen LogP contribution in [0.5, 0.6) is 0 Å². The van der Waals surface area contributed by atoms with Gasteiger partial charge in [0.15, 0.2) is 5.16 Å². The van der Waals surface area contributed by atoms with Gasteiger partial charge in [-0.15, -0.1) is 0 Å². The molecular weight excluding hydrogens is 574 g/mol. The van der Waals surface area contributed by atoms with Gasteiger partial charge in [0.05, 0.1) is 0 Å². The molecule has 0 N–H and O–H groups in total. The van der Waals surface area contributed by atoms with Gasteiger partial charge in [0, 0.05) is 39.3 Å². The molecule has 6 heteroatoms. The zero-order valence-electron chi connectivity index (χ0n) is 23.7. The van der Waals surface area contributed by atoms with Crippen LogP contribution in [0.25, 0.3) is 0 Å². The van der Waals surface area contributed by atoms with Crippen LogP contribution in [0.1, 0.15) is 39.3 Å². The second-order valence-electron chi connectivity index (χ2n) is 11.1. The van der Waals surface area contributed by atoms with Gasteiger partial charge < -0.3 is 17.3 Å². The van der Waals surface area contributed by atoms with Crippen LogP contribution < -0.4 is 15.9 Å². The van der Waals surface area contributed by atoms with Crippen molar-refractivity contribution in [3.05, 3.63) is 197 Å². The minimum atomic E-state index is -6.00. The molecule has 0 amide bonds. The second-order valence-corrected chi connectivity index (χ2v) is 14.5. The normalized spacial score (nSPS) is 17.9. The van der Waals surface area contributed by atoms with Crippen LogP contribution >= 0.6 is 7.26 Å². The molecule has 44 heavy (non-hydrogen) atoms. The molecular formula is C38H28BF4P. The molecule has 0 aliphatic carbocycles. The molecule has 3 aliphatic rings. The van der Waals surface area contributed by atoms with E-state index in [4.69, 9.17) is 0 Å². The molecule has 6 aromatic rings. The van der Waals surface area contributed by atoms with E-state index >= 15 is 0 Å². The van der Waals surface area contributed by atoms with Gasteiger partial charge in [-0.3, -0.25) is 0 Å². The summed E-state index contributed by atoms with van der Waals surface area (Å²) in [6.45, 7) is 0. The predicted octanol–water partition coefficient (Wildman–Crippen LogP) is 9.08. The molecule has 0 saturated carbocycles. The zero-order chi connectivity index (χ0) is 30.4. The lowest BCUT2D eigenvalue weighted by Crippen LogP contribution is -2.55. The van der Waals surface area contributed by atoms with Gasteiger partial charge in [0.1, 0.15) is 23.2 Å². The van der Waals surface area contributed by atoms with E-state index in [-0.39, 0.29) is 5.92 Å². The lowest BCUT2D eigenvalue weighted by molar-refractivity contribution is 0.368. The number of hydrogen-bond donors (Lipinski definition) is 0. The highest BCUT2D eigenvalue weighted by Gasteiger charge is 2.71. The minimum absolute atomic E-state index is 0.260. The summed E-state index contributed by atoms with van der Waals surface area (Å²) in [5.74, 6) is 0.260. The largest absolute Gasteiger partial charge is 0.673 e. The second kappa shape index (κ2) is 10.9. The van der Waals surface area contributed by atoms with E-state index in [1.165, 1.54) is 49.3 Å². The van der Waals surface area contributed by atoms with E-state index in [2.05, 4.69) is 164 Å². The lowest BCUT2D eigenvalue weighted by Gasteiger charge is -2.53. The smallest absolute Gasteiger partial charge is 0.418 e. The molecule has 216 valence electrons. The van der Waals surface area contributed by atoms with Gasteiger partial charge in [-0.25, -0.2) is 0 Å². The molecule has 0 radical (unpaired) electrons. The molecule has 2 bridgehead atoms. The van der Waals surface area contributed by atoms with E-state index in [1.54, 1.807) is 0 Å². The van der Waals surface area contributed by atoms with Gasteiger partial charge in [0.25, 0.3) is 0 Å². The van der Waals surface area contributed by atoms with Crippen LogP contribution in [-0.2, 0) is 5.16 Å². The SMILES string of the molecule is F[B-](F)(F)F.c1ccc(C(c2ccccc2)(c2ccccc2)[P+]23c4ccccc4C(c4ccccc42)c2ccccc23)cc1. The lowest BCUT2D eigenvalue weighted by atomic mass is 9.82. The predicted molar refractivity (Wildman–Crippen MR) is 175 cm³/mol. The molecule has 0 aromatic heterocycles. The minimum Gasteiger partial charge on any atom is -0.418 e. The van der Waals surface area contributed by atoms with Crippen molar-refractivity contribution in [2.75, 3.05) is 0 Å². The van der Waals surface area contributed by atoms with Gasteiger partial charge in [-0.05, 0) is 18.2 Å². The first kappa shape index (κ1) is 28.3. The Balaban J connectivity index is 0.000000581. The van der Waals surface area contributed by atoms with Crippen molar-refractivity contribution >= 4 is 30.4 Å². The van der Waals surface area contributed by atoms with Crippen LogP contribution in [0, 0.1) is 0 Å². The van der Waals surface area contributed by atoms with Gasteiger partial charge in [-0.2, -0.15) is 0 Å². The Morgan fingerprint density at radius 1 is 0.386 bits per heavy atom. The van der Waals surface area contributed by atoms with Crippen LogP contribution in [-0.4, -0.2) is 7.25 Å². The first-order chi connectivity index (χ1) is 21.4. The van der Waals surface area contributed by atoms with Gasteiger partial charge in [0.2, 0.25) is 0 Å². The maximum atomic E-state index is 9.75. The highest BCUT2D eigenvalue weighted by atomic mass is 31.2. The maximum Gasteiger partial charge on any atom is 0.673 e. The van der Waals surface area contributed by atoms with Gasteiger partial charge in [-0.1, -0.05) is 146 Å². The Bertz CT molecular complexity index is 1710. The molecule has 0 spiro atoms. The Hall–Kier alpha value is -4.47. The molecule has 3 aliphatic heterocycles. The van der Waals surface area contributed by atoms with E-state index in [1.807, 2.05) is 0 Å². The van der Waals surface area contributed by atoms with Gasteiger partial charge >= 0.3 is 7.25 Å². The van der Waals surface area contributed by atoms with Crippen LogP contribution in [0.4, 0.5) is 17.3 Å². The highest BCUT2D eigenvalue weighted by Crippen LogP contribution is 2.79. The third-order valence-corrected chi connectivity index (χ3v) is 14.1. The molecule has 0 unspecified atom stereocenters. The van der Waals surface area contributed by atoms with E-state index in [9.17, 15) is 17.3 Å². The molecule has 6 aromatic carbocycles. The summed E-state index contributed by atoms with van der Waals surface area (Å²) in [5.41, 5.74) is 8.43. The topological polar surface area (TPSA) is 0 Å². The van der Waals surface area contributed by atoms with Crippen molar-refractivity contribution in [3.63, 3.8) is 0 Å². The summed E-state index contributed by atoms with van der Waals surface area (Å²) in [4.78, 5) is 0. The average Bonchev–Trinajstić information content (AvgIpc) is 3.06. The molecule has 0 saturated heterocycles. The number of benzene rings is 6. The Morgan fingerprint density at radius 3 is 0.932 bits per heavy atom. The van der Waals surface area contributed by atoms with E-state index in [0.717, 1.165) is 0 Å². The number of rotatable bonds is 4. The third-order valence-electron chi connectivity index (χ3n) is 8.91. The van der Waals surface area contributed by atoms with Crippen LogP contribution in [0.15, 0.2) is 164 Å². The van der Waals surface area contributed by atoms with Crippen molar-refractivity contribution in [3.8, 4) is 0 Å². The summed E-state index contributed by atoms with van der Waals surface area (Å²) in [6.07, 6.45) is 0. The van der Waals surface area contributed by atoms with E-state index in [0.29, 0.717) is 0 Å². The molecule has 0 fully saturated rings. The first-order valence-corrected chi connectivity index (χ1v) is 16.4. The standard InChI is InChI=1S/C38H28P.BF4/c1-4-16-28(17-5-1)38(29-18-6-2-7-19-29,30-20-8-3-9-21-30)39-34-25-13-10-22-31(34)37(32-23-11-14-26-35(32)39)33-24-12-15-27-36(33)39;2-1(3,4)5/h1-27,37H;/q+1;-1. The first-order valence-electron chi connectivity index (χ1n) is 14.6.